The van der Waals surface area contributed by atoms with Gasteiger partial charge in [0, 0.05) is 27.6 Å². The Morgan fingerprint density at radius 3 is 1.98 bits per heavy atom. The molecule has 0 amide bonds. The minimum absolute atomic E-state index is 0.110. The molecular formula is C43H31NO. The maximum atomic E-state index is 6.52. The van der Waals surface area contributed by atoms with Gasteiger partial charge in [-0.1, -0.05) is 129 Å². The molecule has 0 atom stereocenters. The molecule has 0 spiro atoms. The highest BCUT2D eigenvalue weighted by Crippen LogP contribution is 2.52. The van der Waals surface area contributed by atoms with Gasteiger partial charge in [-0.2, -0.15) is 0 Å². The van der Waals surface area contributed by atoms with E-state index in [-0.39, 0.29) is 5.41 Å². The molecule has 214 valence electrons. The molecule has 0 N–H and O–H groups in total. The number of para-hydroxylation sites is 1. The molecule has 45 heavy (non-hydrogen) atoms. The third-order valence-electron chi connectivity index (χ3n) is 9.64. The Kier molecular flexibility index (Phi) is 5.58. The first-order valence-corrected chi connectivity index (χ1v) is 15.6. The highest BCUT2D eigenvalue weighted by atomic mass is 16.3. The molecule has 1 aromatic heterocycles. The molecule has 2 nitrogen and oxygen atoms in total. The lowest BCUT2D eigenvalue weighted by molar-refractivity contribution is 0.660. The molecule has 1 heterocycles. The van der Waals surface area contributed by atoms with Crippen molar-refractivity contribution in [3.63, 3.8) is 0 Å². The van der Waals surface area contributed by atoms with Crippen LogP contribution in [0, 0.1) is 0 Å². The largest absolute Gasteiger partial charge is 0.456 e. The van der Waals surface area contributed by atoms with E-state index < -0.39 is 0 Å². The predicted octanol–water partition coefficient (Wildman–Crippen LogP) is 12.2. The molecule has 8 aromatic rings. The van der Waals surface area contributed by atoms with E-state index in [1.807, 2.05) is 6.07 Å². The van der Waals surface area contributed by atoms with Gasteiger partial charge >= 0.3 is 0 Å². The quantitative estimate of drug-likeness (QED) is 0.207. The maximum absolute atomic E-state index is 6.52. The lowest BCUT2D eigenvalue weighted by Crippen LogP contribution is -2.16. The van der Waals surface area contributed by atoms with Gasteiger partial charge in [-0.3, -0.25) is 0 Å². The van der Waals surface area contributed by atoms with Crippen LogP contribution in [0.4, 0.5) is 17.1 Å². The Bertz CT molecular complexity index is 2400. The van der Waals surface area contributed by atoms with Crippen LogP contribution in [-0.2, 0) is 5.41 Å². The Balaban J connectivity index is 1.35. The summed E-state index contributed by atoms with van der Waals surface area (Å²) < 4.78 is 6.52. The molecule has 7 aromatic carbocycles. The number of rotatable bonds is 4. The standard InChI is InChI=1S/C43H31NO/c1-43(2)37-18-10-8-16-34(37)35-25-24-32(27-38(35)43)44(31-22-20-29(21-23-31)28-12-4-3-5-13-28)42-33-15-7-6-14-30(33)26-40-41(42)36-17-9-11-19-39(36)45-40/h3-27H,1-2H3. The van der Waals surface area contributed by atoms with Crippen LogP contribution in [0.1, 0.15) is 25.0 Å². The molecule has 0 saturated carbocycles. The third-order valence-corrected chi connectivity index (χ3v) is 9.64. The second-order valence-electron chi connectivity index (χ2n) is 12.6. The zero-order valence-electron chi connectivity index (χ0n) is 25.3. The molecule has 0 aliphatic heterocycles. The van der Waals surface area contributed by atoms with Crippen molar-refractivity contribution < 1.29 is 4.42 Å². The SMILES string of the molecule is CC1(C)c2ccccc2-c2ccc(N(c3ccc(-c4ccccc4)cc3)c3c4ccccc4cc4oc5ccccc5c34)cc21. The number of hydrogen-bond acceptors (Lipinski definition) is 2. The van der Waals surface area contributed by atoms with Gasteiger partial charge in [-0.05, 0) is 75.2 Å². The molecule has 1 aliphatic rings. The molecule has 0 bridgehead atoms. The van der Waals surface area contributed by atoms with Gasteiger partial charge in [0.1, 0.15) is 11.2 Å². The number of fused-ring (bicyclic) bond motifs is 7. The molecule has 1 aliphatic carbocycles. The van der Waals surface area contributed by atoms with Crippen molar-refractivity contribution in [2.24, 2.45) is 0 Å². The zero-order valence-corrected chi connectivity index (χ0v) is 25.3. The third kappa shape index (κ3) is 3.89. The van der Waals surface area contributed by atoms with Crippen LogP contribution < -0.4 is 4.90 Å². The van der Waals surface area contributed by atoms with Gasteiger partial charge in [0.15, 0.2) is 0 Å². The van der Waals surface area contributed by atoms with Gasteiger partial charge in [0.05, 0.1) is 11.1 Å². The van der Waals surface area contributed by atoms with Gasteiger partial charge in [-0.25, -0.2) is 0 Å². The summed E-state index contributed by atoms with van der Waals surface area (Å²) >= 11 is 0. The highest BCUT2D eigenvalue weighted by molar-refractivity contribution is 6.21. The van der Waals surface area contributed by atoms with E-state index in [0.29, 0.717) is 0 Å². The van der Waals surface area contributed by atoms with Crippen molar-refractivity contribution in [3.05, 3.63) is 163 Å². The number of hydrogen-bond donors (Lipinski definition) is 0. The van der Waals surface area contributed by atoms with Crippen molar-refractivity contribution >= 4 is 49.8 Å². The molecule has 2 heteroatoms. The number of benzene rings is 7. The highest BCUT2D eigenvalue weighted by Gasteiger charge is 2.36. The molecule has 0 unspecified atom stereocenters. The van der Waals surface area contributed by atoms with Crippen LogP contribution in [0.15, 0.2) is 156 Å². The van der Waals surface area contributed by atoms with Crippen LogP contribution in [0.5, 0.6) is 0 Å². The average Bonchev–Trinajstić information content (AvgIpc) is 3.57. The van der Waals surface area contributed by atoms with Gasteiger partial charge < -0.3 is 9.32 Å². The van der Waals surface area contributed by atoms with E-state index in [9.17, 15) is 0 Å². The minimum Gasteiger partial charge on any atom is -0.456 e. The van der Waals surface area contributed by atoms with Gasteiger partial charge in [0.25, 0.3) is 0 Å². The van der Waals surface area contributed by atoms with Gasteiger partial charge in [-0.15, -0.1) is 0 Å². The summed E-state index contributed by atoms with van der Waals surface area (Å²) in [6.07, 6.45) is 0. The topological polar surface area (TPSA) is 16.4 Å². The maximum Gasteiger partial charge on any atom is 0.138 e. The first-order chi connectivity index (χ1) is 22.1. The van der Waals surface area contributed by atoms with Crippen molar-refractivity contribution in [1.29, 1.82) is 0 Å². The van der Waals surface area contributed by atoms with E-state index in [2.05, 4.69) is 164 Å². The molecule has 0 radical (unpaired) electrons. The monoisotopic (exact) mass is 577 g/mol. The Labute approximate surface area is 262 Å². The number of furan rings is 1. The summed E-state index contributed by atoms with van der Waals surface area (Å²) in [7, 11) is 0. The Morgan fingerprint density at radius 1 is 0.489 bits per heavy atom. The lowest BCUT2D eigenvalue weighted by atomic mass is 9.82. The minimum atomic E-state index is -0.110. The van der Waals surface area contributed by atoms with Crippen molar-refractivity contribution in [1.82, 2.24) is 0 Å². The summed E-state index contributed by atoms with van der Waals surface area (Å²) in [6.45, 7) is 4.69. The van der Waals surface area contributed by atoms with Crippen LogP contribution in [0.3, 0.4) is 0 Å². The Morgan fingerprint density at radius 2 is 1.13 bits per heavy atom. The summed E-state index contributed by atoms with van der Waals surface area (Å²) in [6, 6.07) is 54.7. The van der Waals surface area contributed by atoms with E-state index >= 15 is 0 Å². The second kappa shape index (κ2) is 9.70. The van der Waals surface area contributed by atoms with E-state index in [0.717, 1.165) is 44.4 Å². The molecule has 0 fully saturated rings. The van der Waals surface area contributed by atoms with E-state index in [1.54, 1.807) is 0 Å². The number of anilines is 3. The lowest BCUT2D eigenvalue weighted by Gasteiger charge is -2.30. The average molecular weight is 578 g/mol. The van der Waals surface area contributed by atoms with E-state index in [1.165, 1.54) is 38.8 Å². The van der Waals surface area contributed by atoms with Gasteiger partial charge in [0.2, 0.25) is 0 Å². The fraction of sp³-hybridized carbons (Fsp3) is 0.0698. The second-order valence-corrected chi connectivity index (χ2v) is 12.6. The fourth-order valence-electron chi connectivity index (χ4n) is 7.43. The molecule has 0 saturated heterocycles. The van der Waals surface area contributed by atoms with Crippen molar-refractivity contribution in [2.45, 2.75) is 19.3 Å². The fourth-order valence-corrected chi connectivity index (χ4v) is 7.43. The number of nitrogens with zero attached hydrogens (tertiary/aromatic N) is 1. The van der Waals surface area contributed by atoms with Crippen LogP contribution in [0.25, 0.3) is 55.0 Å². The zero-order chi connectivity index (χ0) is 30.1. The summed E-state index contributed by atoms with van der Waals surface area (Å²) in [5.41, 5.74) is 12.8. The normalized spacial score (nSPS) is 13.3. The van der Waals surface area contributed by atoms with Crippen LogP contribution in [0.2, 0.25) is 0 Å². The summed E-state index contributed by atoms with van der Waals surface area (Å²) in [5, 5.41) is 4.58. The van der Waals surface area contributed by atoms with Crippen molar-refractivity contribution in [2.75, 3.05) is 4.90 Å². The Hall–Kier alpha value is -5.60. The predicted molar refractivity (Wildman–Crippen MR) is 189 cm³/mol. The van der Waals surface area contributed by atoms with E-state index in [4.69, 9.17) is 4.42 Å². The summed E-state index contributed by atoms with van der Waals surface area (Å²) in [4.78, 5) is 2.45. The molecule has 9 rings (SSSR count). The van der Waals surface area contributed by atoms with Crippen molar-refractivity contribution in [3.8, 4) is 22.3 Å². The van der Waals surface area contributed by atoms with Crippen LogP contribution >= 0.6 is 0 Å². The summed E-state index contributed by atoms with van der Waals surface area (Å²) in [5.74, 6) is 0. The smallest absolute Gasteiger partial charge is 0.138 e. The first-order valence-electron chi connectivity index (χ1n) is 15.6. The first kappa shape index (κ1) is 25.9. The molecular weight excluding hydrogens is 546 g/mol. The van der Waals surface area contributed by atoms with Crippen LogP contribution in [-0.4, -0.2) is 0 Å².